The third kappa shape index (κ3) is 6.53. The molecule has 3 rings (SSSR count). The molecular formula is C27H24Br2O7. The second kappa shape index (κ2) is 11.7. The Bertz CT molecular complexity index is 1310. The molecule has 0 amide bonds. The van der Waals surface area contributed by atoms with E-state index in [4.69, 9.17) is 19.3 Å². The van der Waals surface area contributed by atoms with E-state index in [2.05, 4.69) is 31.9 Å². The van der Waals surface area contributed by atoms with E-state index >= 15 is 0 Å². The lowest BCUT2D eigenvalue weighted by Crippen LogP contribution is -2.08. The van der Waals surface area contributed by atoms with Crippen LogP contribution in [0.15, 0.2) is 57.5 Å². The van der Waals surface area contributed by atoms with Crippen LogP contribution in [0.3, 0.4) is 0 Å². The van der Waals surface area contributed by atoms with Gasteiger partial charge in [-0.1, -0.05) is 26.0 Å². The van der Waals surface area contributed by atoms with Crippen molar-refractivity contribution in [3.05, 3.63) is 79.7 Å². The van der Waals surface area contributed by atoms with Crippen LogP contribution in [0, 0.1) is 0 Å². The molecule has 7 nitrogen and oxygen atoms in total. The third-order valence-corrected chi connectivity index (χ3v) is 6.36. The SMILES string of the molecule is COc1cc(C(=O)c2cccc(OC(C)=O)c2)c(Oc2c(Br)cc(CC(=O)O)cc2Br)cc1C(C)C. The second-order valence-corrected chi connectivity index (χ2v) is 9.97. The van der Waals surface area contributed by atoms with Gasteiger partial charge in [0.25, 0.3) is 0 Å². The van der Waals surface area contributed by atoms with Crippen molar-refractivity contribution in [2.75, 3.05) is 7.11 Å². The van der Waals surface area contributed by atoms with Crippen molar-refractivity contribution in [2.24, 2.45) is 0 Å². The smallest absolute Gasteiger partial charge is 0.308 e. The highest BCUT2D eigenvalue weighted by Crippen LogP contribution is 2.42. The highest BCUT2D eigenvalue weighted by Gasteiger charge is 2.23. The number of methoxy groups -OCH3 is 1. The average molecular weight is 620 g/mol. The second-order valence-electron chi connectivity index (χ2n) is 8.26. The molecule has 0 aliphatic carbocycles. The number of benzene rings is 3. The van der Waals surface area contributed by atoms with E-state index in [0.29, 0.717) is 31.6 Å². The molecule has 0 saturated heterocycles. The Morgan fingerprint density at radius 1 is 0.972 bits per heavy atom. The first-order valence-corrected chi connectivity index (χ1v) is 12.5. The van der Waals surface area contributed by atoms with Gasteiger partial charge in [-0.25, -0.2) is 0 Å². The summed E-state index contributed by atoms with van der Waals surface area (Å²) in [5, 5.41) is 9.12. The summed E-state index contributed by atoms with van der Waals surface area (Å²) >= 11 is 6.91. The summed E-state index contributed by atoms with van der Waals surface area (Å²) in [6.45, 7) is 5.28. The summed E-state index contributed by atoms with van der Waals surface area (Å²) < 4.78 is 18.0. The van der Waals surface area contributed by atoms with Crippen molar-refractivity contribution in [1.82, 2.24) is 0 Å². The van der Waals surface area contributed by atoms with Crippen molar-refractivity contribution in [3.63, 3.8) is 0 Å². The van der Waals surface area contributed by atoms with Crippen molar-refractivity contribution in [3.8, 4) is 23.0 Å². The summed E-state index contributed by atoms with van der Waals surface area (Å²) in [4.78, 5) is 36.1. The van der Waals surface area contributed by atoms with E-state index in [-0.39, 0.29) is 35.2 Å². The van der Waals surface area contributed by atoms with Gasteiger partial charge in [0.05, 0.1) is 28.0 Å². The number of carbonyl (C=O) groups excluding carboxylic acids is 2. The highest BCUT2D eigenvalue weighted by atomic mass is 79.9. The maximum absolute atomic E-state index is 13.6. The zero-order chi connectivity index (χ0) is 26.6. The lowest BCUT2D eigenvalue weighted by Gasteiger charge is -2.19. The average Bonchev–Trinajstić information content (AvgIpc) is 2.79. The van der Waals surface area contributed by atoms with E-state index in [1.54, 1.807) is 42.5 Å². The molecule has 0 heterocycles. The fourth-order valence-electron chi connectivity index (χ4n) is 3.58. The molecule has 188 valence electrons. The molecule has 0 aliphatic rings. The molecule has 3 aromatic carbocycles. The molecule has 0 radical (unpaired) electrons. The van der Waals surface area contributed by atoms with Crippen molar-refractivity contribution in [2.45, 2.75) is 33.1 Å². The number of carboxylic acids is 1. The Hall–Kier alpha value is -3.17. The molecule has 1 N–H and O–H groups in total. The standard InChI is InChI=1S/C27H24Br2O7/c1-14(2)19-12-24(36-27-21(28)8-16(9-22(27)29)10-25(31)32)20(13-23(19)34-4)26(33)17-6-5-7-18(11-17)35-15(3)30/h5-9,11-14H,10H2,1-4H3,(H,31,32). The topological polar surface area (TPSA) is 99.1 Å². The predicted molar refractivity (Wildman–Crippen MR) is 142 cm³/mol. The minimum absolute atomic E-state index is 0.0728. The third-order valence-electron chi connectivity index (χ3n) is 5.18. The van der Waals surface area contributed by atoms with E-state index in [0.717, 1.165) is 5.56 Å². The normalized spacial score (nSPS) is 10.8. The molecule has 0 spiro atoms. The largest absolute Gasteiger partial charge is 0.496 e. The number of carbonyl (C=O) groups is 3. The molecular weight excluding hydrogens is 596 g/mol. The number of hydrogen-bond acceptors (Lipinski definition) is 6. The highest BCUT2D eigenvalue weighted by molar-refractivity contribution is 9.11. The lowest BCUT2D eigenvalue weighted by molar-refractivity contribution is -0.136. The van der Waals surface area contributed by atoms with Gasteiger partial charge in [-0.15, -0.1) is 0 Å². The van der Waals surface area contributed by atoms with Crippen LogP contribution >= 0.6 is 31.9 Å². The zero-order valence-electron chi connectivity index (χ0n) is 20.1. The summed E-state index contributed by atoms with van der Waals surface area (Å²) in [5.74, 6) is -0.282. The van der Waals surface area contributed by atoms with Gasteiger partial charge in [0.1, 0.15) is 17.2 Å². The molecule has 3 aromatic rings. The van der Waals surface area contributed by atoms with Crippen LogP contribution in [0.5, 0.6) is 23.0 Å². The van der Waals surface area contributed by atoms with Crippen molar-refractivity contribution >= 4 is 49.6 Å². The molecule has 0 unspecified atom stereocenters. The lowest BCUT2D eigenvalue weighted by atomic mass is 9.95. The number of aliphatic carboxylic acids is 1. The number of hydrogen-bond donors (Lipinski definition) is 1. The van der Waals surface area contributed by atoms with E-state index < -0.39 is 11.9 Å². The van der Waals surface area contributed by atoms with Crippen LogP contribution in [-0.4, -0.2) is 29.9 Å². The summed E-state index contributed by atoms with van der Waals surface area (Å²) in [6.07, 6.45) is -0.153. The van der Waals surface area contributed by atoms with E-state index in [9.17, 15) is 14.4 Å². The number of ether oxygens (including phenoxy) is 3. The molecule has 36 heavy (non-hydrogen) atoms. The van der Waals surface area contributed by atoms with Gasteiger partial charge in [-0.2, -0.15) is 0 Å². The molecule has 0 saturated carbocycles. The quantitative estimate of drug-likeness (QED) is 0.158. The van der Waals surface area contributed by atoms with Crippen LogP contribution in [0.25, 0.3) is 0 Å². The first-order valence-electron chi connectivity index (χ1n) is 10.9. The predicted octanol–water partition coefficient (Wildman–Crippen LogP) is 6.92. The summed E-state index contributed by atoms with van der Waals surface area (Å²) in [7, 11) is 1.53. The van der Waals surface area contributed by atoms with Gasteiger partial charge in [-0.3, -0.25) is 14.4 Å². The molecule has 0 aliphatic heterocycles. The van der Waals surface area contributed by atoms with Crippen LogP contribution in [0.2, 0.25) is 0 Å². The minimum Gasteiger partial charge on any atom is -0.496 e. The van der Waals surface area contributed by atoms with Crippen molar-refractivity contribution in [1.29, 1.82) is 0 Å². The molecule has 0 aromatic heterocycles. The zero-order valence-corrected chi connectivity index (χ0v) is 23.2. The van der Waals surface area contributed by atoms with Gasteiger partial charge in [0, 0.05) is 18.1 Å². The van der Waals surface area contributed by atoms with Gasteiger partial charge in [-0.05, 0) is 79.7 Å². The fourth-order valence-corrected chi connectivity index (χ4v) is 5.03. The summed E-state index contributed by atoms with van der Waals surface area (Å²) in [6, 6.07) is 13.0. The fraction of sp³-hybridized carbons (Fsp3) is 0.222. The monoisotopic (exact) mass is 618 g/mol. The number of rotatable bonds is 9. The Balaban J connectivity index is 2.13. The Morgan fingerprint density at radius 3 is 2.19 bits per heavy atom. The van der Waals surface area contributed by atoms with Crippen LogP contribution < -0.4 is 14.2 Å². The molecule has 0 atom stereocenters. The maximum Gasteiger partial charge on any atom is 0.308 e. The van der Waals surface area contributed by atoms with Crippen LogP contribution in [0.1, 0.15) is 53.7 Å². The van der Waals surface area contributed by atoms with Crippen LogP contribution in [-0.2, 0) is 16.0 Å². The number of ketones is 1. The molecule has 0 bridgehead atoms. The van der Waals surface area contributed by atoms with E-state index in [1.807, 2.05) is 13.8 Å². The Morgan fingerprint density at radius 2 is 1.64 bits per heavy atom. The van der Waals surface area contributed by atoms with Gasteiger partial charge in [0.15, 0.2) is 11.5 Å². The number of esters is 1. The van der Waals surface area contributed by atoms with Gasteiger partial charge >= 0.3 is 11.9 Å². The first-order chi connectivity index (χ1) is 17.0. The molecule has 0 fully saturated rings. The van der Waals surface area contributed by atoms with E-state index in [1.165, 1.54) is 20.1 Å². The maximum atomic E-state index is 13.6. The van der Waals surface area contributed by atoms with Gasteiger partial charge in [0.2, 0.25) is 0 Å². The number of carboxylic acid groups (broad SMARTS) is 1. The minimum atomic E-state index is -0.955. The van der Waals surface area contributed by atoms with Crippen LogP contribution in [0.4, 0.5) is 0 Å². The molecule has 9 heteroatoms. The Labute approximate surface area is 225 Å². The first kappa shape index (κ1) is 27.4. The Kier molecular flexibility index (Phi) is 8.92. The van der Waals surface area contributed by atoms with Crippen molar-refractivity contribution < 1.29 is 33.7 Å². The summed E-state index contributed by atoms with van der Waals surface area (Å²) in [5.41, 5.74) is 1.95. The number of halogens is 2. The van der Waals surface area contributed by atoms with Gasteiger partial charge < -0.3 is 19.3 Å².